The molecule has 0 radical (unpaired) electrons. The SMILES string of the molecule is CC(C)N(CCOc1cncc(CN)n1)C(C)C. The normalized spacial score (nSPS) is 11.6. The Morgan fingerprint density at radius 2 is 1.89 bits per heavy atom. The summed E-state index contributed by atoms with van der Waals surface area (Å²) < 4.78 is 5.61. The molecule has 0 spiro atoms. The number of hydrogen-bond donors (Lipinski definition) is 1. The fourth-order valence-corrected chi connectivity index (χ4v) is 1.92. The minimum Gasteiger partial charge on any atom is -0.475 e. The summed E-state index contributed by atoms with van der Waals surface area (Å²) in [6.45, 7) is 10.6. The number of aromatic nitrogens is 2. The first-order chi connectivity index (χ1) is 8.54. The summed E-state index contributed by atoms with van der Waals surface area (Å²) in [4.78, 5) is 10.7. The molecule has 1 aromatic rings. The molecule has 0 amide bonds. The van der Waals surface area contributed by atoms with Gasteiger partial charge in [-0.2, -0.15) is 0 Å². The van der Waals surface area contributed by atoms with Crippen LogP contribution in [0.15, 0.2) is 12.4 Å². The van der Waals surface area contributed by atoms with Crippen LogP contribution in [0.3, 0.4) is 0 Å². The third kappa shape index (κ3) is 4.58. The average Bonchev–Trinajstić information content (AvgIpc) is 2.34. The topological polar surface area (TPSA) is 64.3 Å². The lowest BCUT2D eigenvalue weighted by Gasteiger charge is -2.30. The summed E-state index contributed by atoms with van der Waals surface area (Å²) in [5.74, 6) is 0.547. The van der Waals surface area contributed by atoms with E-state index in [0.717, 1.165) is 12.2 Å². The second-order valence-electron chi connectivity index (χ2n) is 4.83. The van der Waals surface area contributed by atoms with Crippen molar-refractivity contribution in [1.29, 1.82) is 0 Å². The molecule has 1 aromatic heterocycles. The summed E-state index contributed by atoms with van der Waals surface area (Å²) in [5, 5.41) is 0. The van der Waals surface area contributed by atoms with Gasteiger partial charge in [0.25, 0.3) is 0 Å². The second kappa shape index (κ2) is 7.28. The Hall–Kier alpha value is -1.20. The molecule has 0 aliphatic rings. The Kier molecular flexibility index (Phi) is 6.01. The molecule has 102 valence electrons. The van der Waals surface area contributed by atoms with Crippen molar-refractivity contribution in [3.63, 3.8) is 0 Å². The summed E-state index contributed by atoms with van der Waals surface area (Å²) in [7, 11) is 0. The summed E-state index contributed by atoms with van der Waals surface area (Å²) >= 11 is 0. The predicted molar refractivity (Wildman–Crippen MR) is 72.4 cm³/mol. The molecule has 0 atom stereocenters. The lowest BCUT2D eigenvalue weighted by atomic mass is 10.2. The largest absolute Gasteiger partial charge is 0.475 e. The van der Waals surface area contributed by atoms with Gasteiger partial charge >= 0.3 is 0 Å². The van der Waals surface area contributed by atoms with Crippen LogP contribution < -0.4 is 10.5 Å². The summed E-state index contributed by atoms with van der Waals surface area (Å²) in [6, 6.07) is 1.02. The van der Waals surface area contributed by atoms with Crippen molar-refractivity contribution >= 4 is 0 Å². The highest BCUT2D eigenvalue weighted by Crippen LogP contribution is 2.07. The van der Waals surface area contributed by atoms with Gasteiger partial charge in [0.15, 0.2) is 0 Å². The molecule has 0 saturated heterocycles. The van der Waals surface area contributed by atoms with Crippen molar-refractivity contribution in [1.82, 2.24) is 14.9 Å². The van der Waals surface area contributed by atoms with E-state index in [1.165, 1.54) is 0 Å². The standard InChI is InChI=1S/C13H24N4O/c1-10(2)17(11(3)4)5-6-18-13-9-15-8-12(7-14)16-13/h8-11H,5-7,14H2,1-4H3. The van der Waals surface area contributed by atoms with Crippen LogP contribution in [0.2, 0.25) is 0 Å². The zero-order valence-electron chi connectivity index (χ0n) is 11.8. The molecule has 2 N–H and O–H groups in total. The maximum Gasteiger partial charge on any atom is 0.232 e. The molecule has 1 rings (SSSR count). The average molecular weight is 252 g/mol. The van der Waals surface area contributed by atoms with Crippen LogP contribution in [0.5, 0.6) is 5.88 Å². The summed E-state index contributed by atoms with van der Waals surface area (Å²) in [5.41, 5.74) is 6.26. The molecule has 0 saturated carbocycles. The molecule has 18 heavy (non-hydrogen) atoms. The Bertz CT molecular complexity index is 347. The minimum absolute atomic E-state index is 0.383. The molecular formula is C13H24N4O. The van der Waals surface area contributed by atoms with E-state index in [1.807, 2.05) is 0 Å². The molecule has 1 heterocycles. The zero-order valence-corrected chi connectivity index (χ0v) is 11.8. The van der Waals surface area contributed by atoms with Crippen LogP contribution >= 0.6 is 0 Å². The van der Waals surface area contributed by atoms with Crippen LogP contribution in [-0.2, 0) is 6.54 Å². The van der Waals surface area contributed by atoms with Crippen molar-refractivity contribution in [2.75, 3.05) is 13.2 Å². The Balaban J connectivity index is 2.44. The van der Waals surface area contributed by atoms with Gasteiger partial charge in [-0.05, 0) is 27.7 Å². The molecule has 0 fully saturated rings. The Morgan fingerprint density at radius 3 is 2.44 bits per heavy atom. The Morgan fingerprint density at radius 1 is 1.22 bits per heavy atom. The molecular weight excluding hydrogens is 228 g/mol. The monoisotopic (exact) mass is 252 g/mol. The Labute approximate surface area is 109 Å². The van der Waals surface area contributed by atoms with Gasteiger partial charge in [0.2, 0.25) is 5.88 Å². The number of nitrogens with two attached hydrogens (primary N) is 1. The smallest absolute Gasteiger partial charge is 0.232 e. The van der Waals surface area contributed by atoms with E-state index < -0.39 is 0 Å². The predicted octanol–water partition coefficient (Wildman–Crippen LogP) is 1.43. The fourth-order valence-electron chi connectivity index (χ4n) is 1.92. The van der Waals surface area contributed by atoms with E-state index in [-0.39, 0.29) is 0 Å². The maximum absolute atomic E-state index is 5.61. The van der Waals surface area contributed by atoms with Crippen LogP contribution in [0, 0.1) is 0 Å². The third-order valence-electron chi connectivity index (χ3n) is 2.80. The second-order valence-corrected chi connectivity index (χ2v) is 4.83. The van der Waals surface area contributed by atoms with Crippen LogP contribution in [-0.4, -0.2) is 40.1 Å². The molecule has 5 nitrogen and oxygen atoms in total. The van der Waals surface area contributed by atoms with Crippen molar-refractivity contribution in [2.45, 2.75) is 46.3 Å². The lowest BCUT2D eigenvalue weighted by molar-refractivity contribution is 0.140. The van der Waals surface area contributed by atoms with Gasteiger partial charge in [0.1, 0.15) is 6.61 Å². The van der Waals surface area contributed by atoms with E-state index in [9.17, 15) is 0 Å². The van der Waals surface area contributed by atoms with E-state index in [1.54, 1.807) is 12.4 Å². The number of nitrogens with zero attached hydrogens (tertiary/aromatic N) is 3. The highest BCUT2D eigenvalue weighted by Gasteiger charge is 2.12. The van der Waals surface area contributed by atoms with Crippen LogP contribution in [0.25, 0.3) is 0 Å². The van der Waals surface area contributed by atoms with E-state index in [0.29, 0.717) is 31.1 Å². The van der Waals surface area contributed by atoms with Gasteiger partial charge in [-0.25, -0.2) is 4.98 Å². The van der Waals surface area contributed by atoms with E-state index in [4.69, 9.17) is 10.5 Å². The summed E-state index contributed by atoms with van der Waals surface area (Å²) in [6.07, 6.45) is 3.27. The van der Waals surface area contributed by atoms with Crippen molar-refractivity contribution in [3.8, 4) is 5.88 Å². The number of ether oxygens (including phenoxy) is 1. The molecule has 0 aromatic carbocycles. The van der Waals surface area contributed by atoms with Gasteiger partial charge in [0, 0.05) is 31.4 Å². The van der Waals surface area contributed by atoms with Crippen LogP contribution in [0.4, 0.5) is 0 Å². The molecule has 5 heteroatoms. The van der Waals surface area contributed by atoms with Gasteiger partial charge in [-0.15, -0.1) is 0 Å². The van der Waals surface area contributed by atoms with E-state index in [2.05, 4.69) is 42.6 Å². The first-order valence-corrected chi connectivity index (χ1v) is 6.44. The highest BCUT2D eigenvalue weighted by atomic mass is 16.5. The molecule has 0 aliphatic heterocycles. The van der Waals surface area contributed by atoms with Crippen molar-refractivity contribution in [2.24, 2.45) is 5.73 Å². The lowest BCUT2D eigenvalue weighted by Crippen LogP contribution is -2.39. The van der Waals surface area contributed by atoms with Crippen molar-refractivity contribution < 1.29 is 4.74 Å². The zero-order chi connectivity index (χ0) is 13.5. The minimum atomic E-state index is 0.383. The first kappa shape index (κ1) is 14.9. The quantitative estimate of drug-likeness (QED) is 0.795. The number of hydrogen-bond acceptors (Lipinski definition) is 5. The fraction of sp³-hybridized carbons (Fsp3) is 0.692. The third-order valence-corrected chi connectivity index (χ3v) is 2.80. The maximum atomic E-state index is 5.61. The van der Waals surface area contributed by atoms with Gasteiger partial charge in [0.05, 0.1) is 11.9 Å². The molecule has 0 aliphatic carbocycles. The number of rotatable bonds is 7. The van der Waals surface area contributed by atoms with E-state index >= 15 is 0 Å². The first-order valence-electron chi connectivity index (χ1n) is 6.44. The molecule has 0 unspecified atom stereocenters. The van der Waals surface area contributed by atoms with Crippen LogP contribution in [0.1, 0.15) is 33.4 Å². The van der Waals surface area contributed by atoms with Crippen molar-refractivity contribution in [3.05, 3.63) is 18.1 Å². The van der Waals surface area contributed by atoms with Gasteiger partial charge in [-0.3, -0.25) is 9.88 Å². The van der Waals surface area contributed by atoms with Gasteiger partial charge < -0.3 is 10.5 Å². The molecule has 0 bridgehead atoms. The highest BCUT2D eigenvalue weighted by molar-refractivity contribution is 5.07. The van der Waals surface area contributed by atoms with Gasteiger partial charge in [-0.1, -0.05) is 0 Å².